The molecule has 0 fully saturated rings. The van der Waals surface area contributed by atoms with Crippen molar-refractivity contribution in [3.05, 3.63) is 15.7 Å². The van der Waals surface area contributed by atoms with Gasteiger partial charge in [0.15, 0.2) is 0 Å². The molecule has 0 aliphatic rings. The van der Waals surface area contributed by atoms with Crippen LogP contribution in [0.2, 0.25) is 0 Å². The third-order valence-electron chi connectivity index (χ3n) is 0.723. The van der Waals surface area contributed by atoms with Crippen molar-refractivity contribution < 1.29 is 13.2 Å². The average Bonchev–Trinajstić information content (AvgIpc) is 2.08. The Hall–Kier alpha value is -0.281. The monoisotopic (exact) mass is 201 g/mol. The van der Waals surface area contributed by atoms with Gasteiger partial charge in [-0.1, -0.05) is 0 Å². The van der Waals surface area contributed by atoms with Crippen molar-refractivity contribution in [3.8, 4) is 0 Å². The fraction of sp³-hybridized carbons (Fsp3) is 0.250. The third-order valence-corrected chi connectivity index (χ3v) is 1.95. The fourth-order valence-corrected chi connectivity index (χ4v) is 1.52. The van der Waals surface area contributed by atoms with Crippen molar-refractivity contribution in [3.63, 3.8) is 0 Å². The van der Waals surface area contributed by atoms with Crippen LogP contribution >= 0.6 is 0 Å². The summed E-state index contributed by atoms with van der Waals surface area (Å²) in [5, 5.41) is 1.30. The molecule has 1 aromatic rings. The number of rotatable bonds is 0. The predicted octanol–water partition coefficient (Wildman–Crippen LogP) is 1.16. The predicted molar refractivity (Wildman–Crippen MR) is 26.2 cm³/mol. The first-order valence-electron chi connectivity index (χ1n) is 2.06. The molecule has 0 bridgehead atoms. The topological polar surface area (TPSA) is 12.9 Å². The van der Waals surface area contributed by atoms with Gasteiger partial charge in [0.1, 0.15) is 0 Å². The molecular weight excluding hydrogens is 198 g/mol. The minimum atomic E-state index is -4.24. The van der Waals surface area contributed by atoms with E-state index in [1.54, 1.807) is 0 Å². The van der Waals surface area contributed by atoms with Gasteiger partial charge in [-0.15, -0.1) is 0 Å². The summed E-state index contributed by atoms with van der Waals surface area (Å²) >= 11 is -0.176. The van der Waals surface area contributed by atoms with Crippen molar-refractivity contribution in [2.75, 3.05) is 0 Å². The van der Waals surface area contributed by atoms with Crippen LogP contribution in [0.3, 0.4) is 0 Å². The van der Waals surface area contributed by atoms with E-state index in [1.165, 1.54) is 5.07 Å². The normalized spacial score (nSPS) is 11.9. The Morgan fingerprint density at radius 3 is 2.33 bits per heavy atom. The number of hydrogen-bond acceptors (Lipinski definition) is 1. The fourth-order valence-electron chi connectivity index (χ4n) is 0.353. The van der Waals surface area contributed by atoms with E-state index in [0.29, 0.717) is 0 Å². The zero-order valence-corrected chi connectivity index (χ0v) is 5.86. The van der Waals surface area contributed by atoms with Gasteiger partial charge >= 0.3 is 54.5 Å². The van der Waals surface area contributed by atoms with Gasteiger partial charge in [0.05, 0.1) is 0 Å². The van der Waals surface area contributed by atoms with Gasteiger partial charge in [0.2, 0.25) is 0 Å². The van der Waals surface area contributed by atoms with Crippen molar-refractivity contribution in [1.29, 1.82) is 0 Å². The van der Waals surface area contributed by atoms with Gasteiger partial charge in [-0.05, 0) is 0 Å². The molecule has 0 atom stereocenters. The Morgan fingerprint density at radius 1 is 1.44 bits per heavy atom. The van der Waals surface area contributed by atoms with Gasteiger partial charge in [-0.25, -0.2) is 0 Å². The van der Waals surface area contributed by atoms with Crippen LogP contribution in [0.4, 0.5) is 13.2 Å². The van der Waals surface area contributed by atoms with Crippen molar-refractivity contribution in [1.82, 2.24) is 4.98 Å². The number of alkyl halides is 3. The Bertz CT molecular complexity index is 178. The van der Waals surface area contributed by atoms with E-state index in [9.17, 15) is 13.2 Å². The Morgan fingerprint density at radius 2 is 2.11 bits per heavy atom. The second-order valence-corrected chi connectivity index (χ2v) is 2.88. The van der Waals surface area contributed by atoms with E-state index in [2.05, 4.69) is 4.98 Å². The van der Waals surface area contributed by atoms with Crippen LogP contribution in [0.15, 0.2) is 10.0 Å². The second-order valence-electron chi connectivity index (χ2n) is 1.37. The first-order valence-corrected chi connectivity index (χ1v) is 4.04. The molecule has 5 heteroatoms. The SMILES string of the molecule is FC(F)(F)c1c[se]cn1. The zero-order valence-electron chi connectivity index (χ0n) is 4.14. The van der Waals surface area contributed by atoms with Gasteiger partial charge in [0.25, 0.3) is 0 Å². The van der Waals surface area contributed by atoms with E-state index >= 15 is 0 Å². The van der Waals surface area contributed by atoms with Crippen LogP contribution in [-0.4, -0.2) is 19.5 Å². The van der Waals surface area contributed by atoms with Gasteiger partial charge in [-0.2, -0.15) is 0 Å². The summed E-state index contributed by atoms with van der Waals surface area (Å²) in [4.78, 5) is 4.26. The van der Waals surface area contributed by atoms with Crippen LogP contribution in [0.25, 0.3) is 0 Å². The molecule has 0 aliphatic carbocycles. The summed E-state index contributed by atoms with van der Waals surface area (Å²) in [6.45, 7) is 0. The molecule has 0 saturated carbocycles. The van der Waals surface area contributed by atoms with Gasteiger partial charge in [-0.3, -0.25) is 0 Å². The van der Waals surface area contributed by atoms with Crippen molar-refractivity contribution >= 4 is 14.5 Å². The maximum atomic E-state index is 11.6. The Kier molecular flexibility index (Phi) is 1.64. The Labute approximate surface area is 55.3 Å². The first-order chi connectivity index (χ1) is 4.11. The van der Waals surface area contributed by atoms with Gasteiger partial charge in [0, 0.05) is 0 Å². The van der Waals surface area contributed by atoms with E-state index in [0.717, 1.165) is 4.94 Å². The van der Waals surface area contributed by atoms with Crippen LogP contribution < -0.4 is 0 Å². The van der Waals surface area contributed by atoms with Crippen LogP contribution in [-0.2, 0) is 6.18 Å². The number of halogens is 3. The van der Waals surface area contributed by atoms with E-state index < -0.39 is 11.9 Å². The summed E-state index contributed by atoms with van der Waals surface area (Å²) in [6, 6.07) is 0. The molecule has 1 rings (SSSR count). The van der Waals surface area contributed by atoms with Crippen LogP contribution in [0, 0.1) is 0 Å². The molecular formula is C4H2F3NSe. The van der Waals surface area contributed by atoms with E-state index in [1.807, 2.05) is 0 Å². The molecule has 1 heterocycles. The summed E-state index contributed by atoms with van der Waals surface area (Å²) < 4.78 is 34.8. The van der Waals surface area contributed by atoms with Crippen molar-refractivity contribution in [2.24, 2.45) is 0 Å². The molecule has 0 amide bonds. The summed E-state index contributed by atoms with van der Waals surface area (Å²) in [5.74, 6) is 0. The number of aromatic nitrogens is 1. The maximum absolute atomic E-state index is 11.6. The van der Waals surface area contributed by atoms with E-state index in [-0.39, 0.29) is 14.5 Å². The molecule has 0 saturated heterocycles. The Balaban J connectivity index is 2.90. The summed E-state index contributed by atoms with van der Waals surface area (Å²) in [5.41, 5.74) is -0.748. The standard InChI is InChI=1S/C4H2F3NSe/c5-4(6,7)3-1-9-2-8-3/h1-2H. The molecule has 50 valence electrons. The number of nitrogens with zero attached hydrogens (tertiary/aromatic N) is 1. The molecule has 1 nitrogen and oxygen atoms in total. The summed E-state index contributed by atoms with van der Waals surface area (Å²) in [7, 11) is 0. The molecule has 0 N–H and O–H groups in total. The minimum absolute atomic E-state index is 0.176. The molecule has 0 spiro atoms. The van der Waals surface area contributed by atoms with Crippen LogP contribution in [0.5, 0.6) is 0 Å². The summed E-state index contributed by atoms with van der Waals surface area (Å²) in [6.07, 6.45) is -4.24. The van der Waals surface area contributed by atoms with Crippen LogP contribution in [0.1, 0.15) is 5.69 Å². The quantitative estimate of drug-likeness (QED) is 0.572. The molecule has 0 unspecified atom stereocenters. The van der Waals surface area contributed by atoms with E-state index in [4.69, 9.17) is 0 Å². The molecule has 9 heavy (non-hydrogen) atoms. The number of hydrogen-bond donors (Lipinski definition) is 0. The van der Waals surface area contributed by atoms with Crippen molar-refractivity contribution in [2.45, 2.75) is 6.18 Å². The molecule has 0 aromatic carbocycles. The van der Waals surface area contributed by atoms with Gasteiger partial charge < -0.3 is 0 Å². The molecule has 1 aromatic heterocycles. The first kappa shape index (κ1) is 6.83. The zero-order chi connectivity index (χ0) is 6.91. The second kappa shape index (κ2) is 2.15. The average molecular weight is 200 g/mol. The molecule has 0 aliphatic heterocycles. The molecule has 0 radical (unpaired) electrons. The third kappa shape index (κ3) is 1.56.